The molecule has 9 heteroatoms. The highest BCUT2D eigenvalue weighted by Gasteiger charge is 2.16. The third kappa shape index (κ3) is 5.16. The third-order valence-corrected chi connectivity index (χ3v) is 4.57. The summed E-state index contributed by atoms with van der Waals surface area (Å²) >= 11 is 0. The zero-order valence-corrected chi connectivity index (χ0v) is 12.7. The first kappa shape index (κ1) is 17.0. The van der Waals surface area contributed by atoms with E-state index >= 15 is 0 Å². The molecule has 0 heterocycles. The number of hydrogen-bond donors (Lipinski definition) is 1. The molecule has 0 aromatic heterocycles. The largest absolute Gasteiger partial charge is 0.377 e. The fourth-order valence-electron chi connectivity index (χ4n) is 1.34. The fourth-order valence-corrected chi connectivity index (χ4v) is 2.81. The van der Waals surface area contributed by atoms with Gasteiger partial charge in [0.15, 0.2) is 0 Å². The first-order chi connectivity index (χ1) is 9.13. The Labute approximate surface area is 118 Å². The summed E-state index contributed by atoms with van der Waals surface area (Å²) in [6.07, 6.45) is -0.00597. The summed E-state index contributed by atoms with van der Waals surface area (Å²) in [6, 6.07) is 3.85. The zero-order valence-electron chi connectivity index (χ0n) is 11.0. The van der Waals surface area contributed by atoms with Crippen molar-refractivity contribution in [2.24, 2.45) is 0 Å². The van der Waals surface area contributed by atoms with Crippen LogP contribution in [0.5, 0.6) is 0 Å². The third-order valence-electron chi connectivity index (χ3n) is 2.26. The summed E-state index contributed by atoms with van der Waals surface area (Å²) in [7, 11) is -8.60. The molecule has 0 radical (unpaired) electrons. The van der Waals surface area contributed by atoms with Crippen LogP contribution in [0.1, 0.15) is 13.8 Å². The van der Waals surface area contributed by atoms with Crippen LogP contribution in [0.15, 0.2) is 34.1 Å². The van der Waals surface area contributed by atoms with Crippen LogP contribution >= 0.6 is 0 Å². The van der Waals surface area contributed by atoms with Crippen molar-refractivity contribution in [3.05, 3.63) is 24.3 Å². The first-order valence-electron chi connectivity index (χ1n) is 5.79. The molecule has 20 heavy (non-hydrogen) atoms. The Kier molecular flexibility index (Phi) is 5.63. The smallest absolute Gasteiger partial charge is 0.332 e. The molecule has 0 aliphatic rings. The second kappa shape index (κ2) is 6.61. The van der Waals surface area contributed by atoms with Gasteiger partial charge < -0.3 is 4.74 Å². The van der Waals surface area contributed by atoms with Crippen LogP contribution in [0.4, 0.5) is 3.89 Å². The van der Waals surface area contributed by atoms with Crippen molar-refractivity contribution in [1.82, 2.24) is 4.72 Å². The molecule has 1 N–H and O–H groups in total. The van der Waals surface area contributed by atoms with Gasteiger partial charge in [-0.05, 0) is 38.1 Å². The second-order valence-corrected chi connectivity index (χ2v) is 7.34. The standard InChI is InChI=1S/C11H16FNO5S2/c1-9(2)18-8-7-13-20(16,17)11-5-3-10(4-6-11)19(12,14)15/h3-6,9,13H,7-8H2,1-2H3. The first-order valence-corrected chi connectivity index (χ1v) is 8.65. The molecule has 0 fully saturated rings. The minimum atomic E-state index is -4.83. The molecule has 0 saturated heterocycles. The Morgan fingerprint density at radius 2 is 1.60 bits per heavy atom. The van der Waals surface area contributed by atoms with Gasteiger partial charge in [-0.3, -0.25) is 0 Å². The molecular weight excluding hydrogens is 309 g/mol. The number of nitrogens with one attached hydrogen (secondary N) is 1. The van der Waals surface area contributed by atoms with Gasteiger partial charge in [-0.2, -0.15) is 8.42 Å². The molecule has 0 bridgehead atoms. The van der Waals surface area contributed by atoms with Gasteiger partial charge in [0.2, 0.25) is 10.0 Å². The molecule has 0 unspecified atom stereocenters. The Hall–Kier alpha value is -1.03. The van der Waals surface area contributed by atoms with Crippen LogP contribution in [0.2, 0.25) is 0 Å². The zero-order chi connectivity index (χ0) is 15.4. The lowest BCUT2D eigenvalue weighted by Gasteiger charge is -2.09. The number of rotatable bonds is 7. The van der Waals surface area contributed by atoms with E-state index in [1.54, 1.807) is 0 Å². The number of benzene rings is 1. The average molecular weight is 325 g/mol. The quantitative estimate of drug-likeness (QED) is 0.598. The molecule has 1 aromatic rings. The summed E-state index contributed by atoms with van der Waals surface area (Å²) in [4.78, 5) is -0.728. The molecule has 0 saturated carbocycles. The minimum absolute atomic E-state index is 0.00597. The van der Waals surface area contributed by atoms with E-state index in [1.807, 2.05) is 13.8 Å². The van der Waals surface area contributed by atoms with Gasteiger partial charge in [0.25, 0.3) is 0 Å². The van der Waals surface area contributed by atoms with E-state index in [0.29, 0.717) is 0 Å². The highest BCUT2D eigenvalue weighted by atomic mass is 32.3. The molecule has 0 aliphatic heterocycles. The highest BCUT2D eigenvalue weighted by Crippen LogP contribution is 2.15. The topological polar surface area (TPSA) is 89.5 Å². The number of halogens is 1. The molecule has 114 valence electrons. The van der Waals surface area contributed by atoms with Crippen LogP contribution < -0.4 is 4.72 Å². The normalized spacial score (nSPS) is 12.8. The van der Waals surface area contributed by atoms with Crippen molar-refractivity contribution in [3.63, 3.8) is 0 Å². The van der Waals surface area contributed by atoms with Crippen molar-refractivity contribution < 1.29 is 25.5 Å². The van der Waals surface area contributed by atoms with Crippen LogP contribution in [-0.2, 0) is 25.0 Å². The van der Waals surface area contributed by atoms with Crippen LogP contribution in [0.25, 0.3) is 0 Å². The Balaban J connectivity index is 2.73. The molecule has 0 spiro atoms. The predicted molar refractivity (Wildman–Crippen MR) is 71.0 cm³/mol. The van der Waals surface area contributed by atoms with E-state index in [-0.39, 0.29) is 24.2 Å². The maximum Gasteiger partial charge on any atom is 0.332 e. The molecule has 6 nitrogen and oxygen atoms in total. The van der Waals surface area contributed by atoms with Gasteiger partial charge in [0.05, 0.1) is 22.5 Å². The monoisotopic (exact) mass is 325 g/mol. The molecule has 0 aliphatic carbocycles. The molecule has 1 aromatic carbocycles. The van der Waals surface area contributed by atoms with Crippen LogP contribution in [0.3, 0.4) is 0 Å². The molecule has 0 atom stereocenters. The number of ether oxygens (including phenoxy) is 1. The van der Waals surface area contributed by atoms with Gasteiger partial charge in [-0.25, -0.2) is 13.1 Å². The fraction of sp³-hybridized carbons (Fsp3) is 0.455. The summed E-state index contributed by atoms with van der Waals surface area (Å²) in [5.41, 5.74) is 0. The van der Waals surface area contributed by atoms with E-state index in [4.69, 9.17) is 4.74 Å². The predicted octanol–water partition coefficient (Wildman–Crippen LogP) is 1.05. The van der Waals surface area contributed by atoms with E-state index in [0.717, 1.165) is 24.3 Å². The van der Waals surface area contributed by atoms with Crippen molar-refractivity contribution in [2.75, 3.05) is 13.2 Å². The summed E-state index contributed by atoms with van der Waals surface area (Å²) < 4.78 is 65.0. The van der Waals surface area contributed by atoms with Crippen molar-refractivity contribution in [1.29, 1.82) is 0 Å². The lowest BCUT2D eigenvalue weighted by atomic mass is 10.4. The maximum absolute atomic E-state index is 12.7. The summed E-state index contributed by atoms with van der Waals surface area (Å²) in [6.45, 7) is 3.95. The van der Waals surface area contributed by atoms with Crippen molar-refractivity contribution in [3.8, 4) is 0 Å². The van der Waals surface area contributed by atoms with E-state index in [1.165, 1.54) is 0 Å². The Morgan fingerprint density at radius 3 is 2.05 bits per heavy atom. The number of sulfonamides is 1. The summed E-state index contributed by atoms with van der Waals surface area (Å²) in [5.74, 6) is 0. The molecule has 1 rings (SSSR count). The van der Waals surface area contributed by atoms with Crippen molar-refractivity contribution >= 4 is 20.2 Å². The van der Waals surface area contributed by atoms with Gasteiger partial charge in [0, 0.05) is 6.54 Å². The van der Waals surface area contributed by atoms with E-state index in [9.17, 15) is 20.7 Å². The molecule has 0 amide bonds. The van der Waals surface area contributed by atoms with Crippen molar-refractivity contribution in [2.45, 2.75) is 29.7 Å². The van der Waals surface area contributed by atoms with Gasteiger partial charge >= 0.3 is 10.2 Å². The Bertz CT molecular complexity index is 638. The number of hydrogen-bond acceptors (Lipinski definition) is 5. The van der Waals surface area contributed by atoms with Crippen LogP contribution in [0, 0.1) is 0 Å². The van der Waals surface area contributed by atoms with Gasteiger partial charge in [-0.15, -0.1) is 3.89 Å². The SMILES string of the molecule is CC(C)OCCNS(=O)(=O)c1ccc(S(=O)(=O)F)cc1. The van der Waals surface area contributed by atoms with E-state index in [2.05, 4.69) is 4.72 Å². The highest BCUT2D eigenvalue weighted by molar-refractivity contribution is 7.89. The maximum atomic E-state index is 12.7. The molecular formula is C11H16FNO5S2. The average Bonchev–Trinajstić information content (AvgIpc) is 2.34. The van der Waals surface area contributed by atoms with E-state index < -0.39 is 25.1 Å². The minimum Gasteiger partial charge on any atom is -0.377 e. The lowest BCUT2D eigenvalue weighted by Crippen LogP contribution is -2.28. The lowest BCUT2D eigenvalue weighted by molar-refractivity contribution is 0.0834. The van der Waals surface area contributed by atoms with Gasteiger partial charge in [0.1, 0.15) is 0 Å². The summed E-state index contributed by atoms with van der Waals surface area (Å²) in [5, 5.41) is 0. The second-order valence-electron chi connectivity index (χ2n) is 4.23. The van der Waals surface area contributed by atoms with Crippen LogP contribution in [-0.4, -0.2) is 36.1 Å². The van der Waals surface area contributed by atoms with Gasteiger partial charge in [-0.1, -0.05) is 0 Å². The Morgan fingerprint density at radius 1 is 1.10 bits per heavy atom.